The van der Waals surface area contributed by atoms with E-state index in [1.54, 1.807) is 0 Å². The van der Waals surface area contributed by atoms with E-state index in [4.69, 9.17) is 5.73 Å². The van der Waals surface area contributed by atoms with Crippen LogP contribution < -0.4 is 11.1 Å². The highest BCUT2D eigenvalue weighted by Crippen LogP contribution is 2.25. The van der Waals surface area contributed by atoms with Gasteiger partial charge in [0.25, 0.3) is 0 Å². The van der Waals surface area contributed by atoms with Crippen molar-refractivity contribution in [1.82, 2.24) is 5.32 Å². The molecular formula is C15H23ClN2O. The van der Waals surface area contributed by atoms with Crippen LogP contribution in [0.4, 0.5) is 0 Å². The third kappa shape index (κ3) is 3.95. The molecule has 0 aromatic heterocycles. The fourth-order valence-corrected chi connectivity index (χ4v) is 2.74. The summed E-state index contributed by atoms with van der Waals surface area (Å²) in [4.78, 5) is 12.1. The summed E-state index contributed by atoms with van der Waals surface area (Å²) < 4.78 is 0. The highest BCUT2D eigenvalue weighted by atomic mass is 35.5. The van der Waals surface area contributed by atoms with Gasteiger partial charge in [-0.3, -0.25) is 4.79 Å². The summed E-state index contributed by atoms with van der Waals surface area (Å²) in [6.45, 7) is 4.11. The summed E-state index contributed by atoms with van der Waals surface area (Å²) in [5.41, 5.74) is 8.25. The highest BCUT2D eigenvalue weighted by molar-refractivity contribution is 5.85. The number of carbonyl (C=O) groups is 1. The van der Waals surface area contributed by atoms with Crippen molar-refractivity contribution in [3.05, 3.63) is 35.4 Å². The topological polar surface area (TPSA) is 55.1 Å². The fourth-order valence-electron chi connectivity index (χ4n) is 2.74. The molecule has 0 bridgehead atoms. The summed E-state index contributed by atoms with van der Waals surface area (Å²) in [6.07, 6.45) is 2.72. The largest absolute Gasteiger partial charge is 0.349 e. The number of hydrogen-bond acceptors (Lipinski definition) is 2. The highest BCUT2D eigenvalue weighted by Gasteiger charge is 2.28. The maximum Gasteiger partial charge on any atom is 0.223 e. The quantitative estimate of drug-likeness (QED) is 0.896. The summed E-state index contributed by atoms with van der Waals surface area (Å²) >= 11 is 0. The SMILES string of the molecule is Cc1ccccc1C(C)NC(=O)C1CCC(N)C1.Cl. The zero-order valence-electron chi connectivity index (χ0n) is 11.6. The number of hydrogen-bond donors (Lipinski definition) is 2. The van der Waals surface area contributed by atoms with Crippen molar-refractivity contribution in [3.63, 3.8) is 0 Å². The van der Waals surface area contributed by atoms with Crippen molar-refractivity contribution in [2.24, 2.45) is 11.7 Å². The Bertz CT molecular complexity index is 436. The first-order valence-corrected chi connectivity index (χ1v) is 6.69. The van der Waals surface area contributed by atoms with E-state index in [2.05, 4.69) is 24.4 Å². The van der Waals surface area contributed by atoms with Crippen LogP contribution in [-0.4, -0.2) is 11.9 Å². The molecule has 19 heavy (non-hydrogen) atoms. The molecule has 106 valence electrons. The Morgan fingerprint density at radius 3 is 2.63 bits per heavy atom. The van der Waals surface area contributed by atoms with Crippen LogP contribution in [0.3, 0.4) is 0 Å². The van der Waals surface area contributed by atoms with E-state index < -0.39 is 0 Å². The third-order valence-electron chi connectivity index (χ3n) is 3.86. The van der Waals surface area contributed by atoms with Crippen molar-refractivity contribution < 1.29 is 4.79 Å². The van der Waals surface area contributed by atoms with Crippen LogP contribution in [0.25, 0.3) is 0 Å². The van der Waals surface area contributed by atoms with Gasteiger partial charge in [-0.05, 0) is 44.2 Å². The average Bonchev–Trinajstić information content (AvgIpc) is 2.76. The molecule has 1 fully saturated rings. The van der Waals surface area contributed by atoms with E-state index in [-0.39, 0.29) is 36.3 Å². The second kappa shape index (κ2) is 6.92. The van der Waals surface area contributed by atoms with Gasteiger partial charge in [-0.25, -0.2) is 0 Å². The maximum atomic E-state index is 12.1. The van der Waals surface area contributed by atoms with E-state index in [9.17, 15) is 4.79 Å². The van der Waals surface area contributed by atoms with Gasteiger partial charge in [-0.1, -0.05) is 24.3 Å². The van der Waals surface area contributed by atoms with Gasteiger partial charge in [0, 0.05) is 12.0 Å². The second-order valence-electron chi connectivity index (χ2n) is 5.36. The van der Waals surface area contributed by atoms with Crippen molar-refractivity contribution in [1.29, 1.82) is 0 Å². The molecule has 1 aromatic carbocycles. The Morgan fingerprint density at radius 1 is 1.37 bits per heavy atom. The van der Waals surface area contributed by atoms with Crippen LogP contribution in [0.1, 0.15) is 43.4 Å². The Morgan fingerprint density at radius 2 is 2.05 bits per heavy atom. The van der Waals surface area contributed by atoms with Crippen LogP contribution in [0.5, 0.6) is 0 Å². The summed E-state index contributed by atoms with van der Waals surface area (Å²) in [7, 11) is 0. The smallest absolute Gasteiger partial charge is 0.223 e. The summed E-state index contributed by atoms with van der Waals surface area (Å²) in [5.74, 6) is 0.255. The predicted molar refractivity (Wildman–Crippen MR) is 80.3 cm³/mol. The van der Waals surface area contributed by atoms with E-state index in [1.165, 1.54) is 11.1 Å². The first-order valence-electron chi connectivity index (χ1n) is 6.69. The lowest BCUT2D eigenvalue weighted by atomic mass is 10.0. The summed E-state index contributed by atoms with van der Waals surface area (Å²) in [5, 5.41) is 3.10. The Hall–Kier alpha value is -1.06. The first kappa shape index (κ1) is 16.0. The number of amides is 1. The molecule has 3 nitrogen and oxygen atoms in total. The molecule has 3 N–H and O–H groups in total. The molecule has 0 radical (unpaired) electrons. The van der Waals surface area contributed by atoms with E-state index in [0.717, 1.165) is 19.3 Å². The molecule has 1 amide bonds. The number of aryl methyl sites for hydroxylation is 1. The van der Waals surface area contributed by atoms with E-state index in [1.807, 2.05) is 19.1 Å². The molecule has 0 heterocycles. The minimum atomic E-state index is 0. The Balaban J connectivity index is 0.00000180. The van der Waals surface area contributed by atoms with E-state index in [0.29, 0.717) is 0 Å². The zero-order chi connectivity index (χ0) is 13.1. The molecule has 1 aromatic rings. The molecule has 1 aliphatic carbocycles. The summed E-state index contributed by atoms with van der Waals surface area (Å²) in [6, 6.07) is 8.44. The number of nitrogens with two attached hydrogens (primary N) is 1. The molecular weight excluding hydrogens is 260 g/mol. The average molecular weight is 283 g/mol. The number of benzene rings is 1. The lowest BCUT2D eigenvalue weighted by molar-refractivity contribution is -0.125. The van der Waals surface area contributed by atoms with Gasteiger partial charge in [0.1, 0.15) is 0 Å². The lowest BCUT2D eigenvalue weighted by Crippen LogP contribution is -2.32. The molecule has 3 unspecified atom stereocenters. The van der Waals surface area contributed by atoms with Gasteiger partial charge in [0.15, 0.2) is 0 Å². The normalized spacial score (nSPS) is 23.5. The Labute approximate surface area is 121 Å². The molecule has 0 aliphatic heterocycles. The lowest BCUT2D eigenvalue weighted by Gasteiger charge is -2.19. The number of rotatable bonds is 3. The molecule has 2 rings (SSSR count). The molecule has 0 spiro atoms. The van der Waals surface area contributed by atoms with Crippen LogP contribution in [0.15, 0.2) is 24.3 Å². The Kier molecular flexibility index (Phi) is 5.83. The monoisotopic (exact) mass is 282 g/mol. The van der Waals surface area contributed by atoms with Crippen molar-refractivity contribution in [3.8, 4) is 0 Å². The predicted octanol–water partition coefficient (Wildman–Crippen LogP) is 2.72. The maximum absolute atomic E-state index is 12.1. The zero-order valence-corrected chi connectivity index (χ0v) is 12.4. The first-order chi connectivity index (χ1) is 8.58. The van der Waals surface area contributed by atoms with Gasteiger partial charge in [0.05, 0.1) is 6.04 Å². The van der Waals surface area contributed by atoms with Crippen molar-refractivity contribution in [2.75, 3.05) is 0 Å². The van der Waals surface area contributed by atoms with Gasteiger partial charge >= 0.3 is 0 Å². The molecule has 3 atom stereocenters. The number of nitrogens with one attached hydrogen (secondary N) is 1. The minimum absolute atomic E-state index is 0. The van der Waals surface area contributed by atoms with Gasteiger partial charge in [-0.15, -0.1) is 12.4 Å². The van der Waals surface area contributed by atoms with Crippen LogP contribution >= 0.6 is 12.4 Å². The van der Waals surface area contributed by atoms with Crippen LogP contribution in [0, 0.1) is 12.8 Å². The van der Waals surface area contributed by atoms with Gasteiger partial charge in [-0.2, -0.15) is 0 Å². The molecule has 0 saturated heterocycles. The molecule has 4 heteroatoms. The van der Waals surface area contributed by atoms with Crippen LogP contribution in [0.2, 0.25) is 0 Å². The van der Waals surface area contributed by atoms with Crippen molar-refractivity contribution >= 4 is 18.3 Å². The third-order valence-corrected chi connectivity index (χ3v) is 3.86. The van der Waals surface area contributed by atoms with Gasteiger partial charge < -0.3 is 11.1 Å². The molecule has 1 aliphatic rings. The standard InChI is InChI=1S/C15H22N2O.ClH/c1-10-5-3-4-6-14(10)11(2)17-15(18)12-7-8-13(16)9-12;/h3-6,11-13H,7-9,16H2,1-2H3,(H,17,18);1H. The van der Waals surface area contributed by atoms with Crippen molar-refractivity contribution in [2.45, 2.75) is 45.2 Å². The van der Waals surface area contributed by atoms with Crippen LogP contribution in [-0.2, 0) is 4.79 Å². The molecule has 1 saturated carbocycles. The second-order valence-corrected chi connectivity index (χ2v) is 5.36. The minimum Gasteiger partial charge on any atom is -0.349 e. The van der Waals surface area contributed by atoms with E-state index >= 15 is 0 Å². The fraction of sp³-hybridized carbons (Fsp3) is 0.533. The number of halogens is 1. The van der Waals surface area contributed by atoms with Gasteiger partial charge in [0.2, 0.25) is 5.91 Å². The number of carbonyl (C=O) groups excluding carboxylic acids is 1.